The van der Waals surface area contributed by atoms with E-state index in [0.29, 0.717) is 0 Å². The lowest BCUT2D eigenvalue weighted by Crippen LogP contribution is -2.46. The van der Waals surface area contributed by atoms with Crippen LogP contribution in [-0.4, -0.2) is 42.0 Å². The maximum absolute atomic E-state index is 10.8. The molecular formula is C11H21NO2. The first-order valence-corrected chi connectivity index (χ1v) is 5.40. The van der Waals surface area contributed by atoms with Gasteiger partial charge in [-0.15, -0.1) is 0 Å². The minimum atomic E-state index is -0.287. The molecule has 0 spiro atoms. The molecule has 0 aromatic rings. The van der Waals surface area contributed by atoms with Gasteiger partial charge in [0.15, 0.2) is 0 Å². The number of rotatable bonds is 4. The van der Waals surface area contributed by atoms with E-state index in [9.17, 15) is 9.90 Å². The van der Waals surface area contributed by atoms with Gasteiger partial charge in [-0.2, -0.15) is 0 Å². The predicted molar refractivity (Wildman–Crippen MR) is 56.1 cm³/mol. The maximum Gasteiger partial charge on any atom is 0.126 e. The molecule has 1 atom stereocenters. The van der Waals surface area contributed by atoms with Crippen molar-refractivity contribution in [1.82, 2.24) is 4.90 Å². The van der Waals surface area contributed by atoms with Crippen LogP contribution in [0, 0.1) is 5.41 Å². The number of aldehydes is 1. The van der Waals surface area contributed by atoms with Crippen LogP contribution in [0.1, 0.15) is 33.1 Å². The molecule has 1 heterocycles. The summed E-state index contributed by atoms with van der Waals surface area (Å²) in [5.74, 6) is 0. The van der Waals surface area contributed by atoms with Crippen LogP contribution in [0.25, 0.3) is 0 Å². The average Bonchev–Trinajstić information content (AvgIpc) is 2.18. The third-order valence-electron chi connectivity index (χ3n) is 2.89. The topological polar surface area (TPSA) is 40.5 Å². The van der Waals surface area contributed by atoms with Crippen molar-refractivity contribution in [2.45, 2.75) is 39.2 Å². The van der Waals surface area contributed by atoms with Crippen LogP contribution in [0.2, 0.25) is 0 Å². The Bertz CT molecular complexity index is 192. The van der Waals surface area contributed by atoms with Crippen molar-refractivity contribution in [3.63, 3.8) is 0 Å². The molecule has 1 unspecified atom stereocenters. The fourth-order valence-corrected chi connectivity index (χ4v) is 2.04. The second kappa shape index (κ2) is 4.89. The lowest BCUT2D eigenvalue weighted by Gasteiger charge is -2.38. The van der Waals surface area contributed by atoms with Gasteiger partial charge in [0.05, 0.1) is 6.61 Å². The van der Waals surface area contributed by atoms with Crippen LogP contribution in [-0.2, 0) is 4.79 Å². The smallest absolute Gasteiger partial charge is 0.126 e. The number of carbonyl (C=O) groups excluding carboxylic acids is 1. The summed E-state index contributed by atoms with van der Waals surface area (Å²) < 4.78 is 0. The maximum atomic E-state index is 10.8. The summed E-state index contributed by atoms with van der Waals surface area (Å²) in [6.45, 7) is 5.89. The van der Waals surface area contributed by atoms with E-state index in [1.807, 2.05) is 13.8 Å². The Labute approximate surface area is 86.1 Å². The highest BCUT2D eigenvalue weighted by molar-refractivity contribution is 5.58. The van der Waals surface area contributed by atoms with Gasteiger partial charge in [-0.05, 0) is 19.4 Å². The number of hydrogen-bond acceptors (Lipinski definition) is 3. The molecule has 0 radical (unpaired) electrons. The number of hydrogen-bond donors (Lipinski definition) is 1. The summed E-state index contributed by atoms with van der Waals surface area (Å²) >= 11 is 0. The Hall–Kier alpha value is -0.410. The van der Waals surface area contributed by atoms with Gasteiger partial charge in [-0.1, -0.05) is 20.3 Å². The number of carbonyl (C=O) groups is 1. The van der Waals surface area contributed by atoms with Crippen molar-refractivity contribution in [2.75, 3.05) is 19.7 Å². The lowest BCUT2D eigenvalue weighted by molar-refractivity contribution is -0.116. The van der Waals surface area contributed by atoms with Crippen LogP contribution in [0.3, 0.4) is 0 Å². The molecule has 0 aliphatic carbocycles. The quantitative estimate of drug-likeness (QED) is 0.688. The molecule has 82 valence electrons. The highest BCUT2D eigenvalue weighted by Crippen LogP contribution is 2.21. The Morgan fingerprint density at radius 1 is 1.50 bits per heavy atom. The summed E-state index contributed by atoms with van der Waals surface area (Å²) in [6, 6.07) is 0.267. The minimum Gasteiger partial charge on any atom is -0.395 e. The molecule has 1 aliphatic rings. The van der Waals surface area contributed by atoms with Gasteiger partial charge in [-0.25, -0.2) is 0 Å². The summed E-state index contributed by atoms with van der Waals surface area (Å²) in [7, 11) is 0. The van der Waals surface area contributed by atoms with Crippen molar-refractivity contribution < 1.29 is 9.90 Å². The molecule has 0 saturated carbocycles. The zero-order valence-corrected chi connectivity index (χ0v) is 9.20. The first kappa shape index (κ1) is 11.7. The highest BCUT2D eigenvalue weighted by atomic mass is 16.3. The van der Waals surface area contributed by atoms with Crippen LogP contribution in [0.5, 0.6) is 0 Å². The van der Waals surface area contributed by atoms with E-state index < -0.39 is 0 Å². The van der Waals surface area contributed by atoms with Crippen LogP contribution in [0.15, 0.2) is 0 Å². The normalized spacial score (nSPS) is 24.9. The number of aliphatic hydroxyl groups is 1. The first-order valence-electron chi connectivity index (χ1n) is 5.40. The van der Waals surface area contributed by atoms with E-state index in [2.05, 4.69) is 4.90 Å². The fourth-order valence-electron chi connectivity index (χ4n) is 2.04. The van der Waals surface area contributed by atoms with Crippen molar-refractivity contribution >= 4 is 6.29 Å². The monoisotopic (exact) mass is 199 g/mol. The second-order valence-electron chi connectivity index (χ2n) is 4.91. The molecule has 1 N–H and O–H groups in total. The molecule has 0 amide bonds. The predicted octanol–water partition coefficient (Wildman–Crippen LogP) is 1.06. The first-order chi connectivity index (χ1) is 6.59. The van der Waals surface area contributed by atoms with Crippen LogP contribution < -0.4 is 0 Å². The van der Waals surface area contributed by atoms with E-state index in [1.165, 1.54) is 12.8 Å². The molecule has 0 aromatic heterocycles. The SMILES string of the molecule is CC(C)(C=O)CN1CCCCC1CO. The summed E-state index contributed by atoms with van der Waals surface area (Å²) in [6.07, 6.45) is 4.45. The van der Waals surface area contributed by atoms with Gasteiger partial charge in [0.25, 0.3) is 0 Å². The molecule has 3 nitrogen and oxygen atoms in total. The van der Waals surface area contributed by atoms with Crippen molar-refractivity contribution in [1.29, 1.82) is 0 Å². The Morgan fingerprint density at radius 3 is 2.79 bits per heavy atom. The zero-order chi connectivity index (χ0) is 10.6. The van der Waals surface area contributed by atoms with Gasteiger partial charge < -0.3 is 9.90 Å². The number of aliphatic hydroxyl groups excluding tert-OH is 1. The van der Waals surface area contributed by atoms with Crippen molar-refractivity contribution in [2.24, 2.45) is 5.41 Å². The number of piperidine rings is 1. The number of nitrogens with zero attached hydrogens (tertiary/aromatic N) is 1. The highest BCUT2D eigenvalue weighted by Gasteiger charge is 2.27. The summed E-state index contributed by atoms with van der Waals surface area (Å²) in [4.78, 5) is 13.1. The molecule has 1 aliphatic heterocycles. The zero-order valence-electron chi connectivity index (χ0n) is 9.20. The molecule has 3 heteroatoms. The van der Waals surface area contributed by atoms with Crippen molar-refractivity contribution in [3.8, 4) is 0 Å². The molecule has 0 bridgehead atoms. The van der Waals surface area contributed by atoms with E-state index in [1.54, 1.807) is 0 Å². The molecule has 0 aromatic carbocycles. The van der Waals surface area contributed by atoms with E-state index in [-0.39, 0.29) is 18.1 Å². The molecule has 14 heavy (non-hydrogen) atoms. The summed E-state index contributed by atoms with van der Waals surface area (Å²) in [5, 5.41) is 9.20. The second-order valence-corrected chi connectivity index (χ2v) is 4.91. The van der Waals surface area contributed by atoms with Crippen LogP contribution in [0.4, 0.5) is 0 Å². The molecule has 1 fully saturated rings. The molecular weight excluding hydrogens is 178 g/mol. The largest absolute Gasteiger partial charge is 0.395 e. The minimum absolute atomic E-state index is 0.217. The Morgan fingerprint density at radius 2 is 2.21 bits per heavy atom. The molecule has 1 saturated heterocycles. The third-order valence-corrected chi connectivity index (χ3v) is 2.89. The van der Waals surface area contributed by atoms with E-state index in [0.717, 1.165) is 25.8 Å². The summed E-state index contributed by atoms with van der Waals surface area (Å²) in [5.41, 5.74) is -0.287. The van der Waals surface area contributed by atoms with Crippen LogP contribution >= 0.6 is 0 Å². The van der Waals surface area contributed by atoms with Gasteiger partial charge in [0.1, 0.15) is 6.29 Å². The van der Waals surface area contributed by atoms with E-state index in [4.69, 9.17) is 0 Å². The average molecular weight is 199 g/mol. The Balaban J connectivity index is 2.52. The van der Waals surface area contributed by atoms with E-state index >= 15 is 0 Å². The lowest BCUT2D eigenvalue weighted by atomic mass is 9.92. The van der Waals surface area contributed by atoms with Crippen molar-refractivity contribution in [3.05, 3.63) is 0 Å². The number of likely N-dealkylation sites (tertiary alicyclic amines) is 1. The van der Waals surface area contributed by atoms with Gasteiger partial charge in [0.2, 0.25) is 0 Å². The van der Waals surface area contributed by atoms with Gasteiger partial charge in [0, 0.05) is 18.0 Å². The third kappa shape index (κ3) is 3.07. The van der Waals surface area contributed by atoms with Gasteiger partial charge in [-0.3, -0.25) is 4.90 Å². The Kier molecular flexibility index (Phi) is 4.08. The fraction of sp³-hybridized carbons (Fsp3) is 0.909. The van der Waals surface area contributed by atoms with Gasteiger partial charge >= 0.3 is 0 Å². The standard InChI is InChI=1S/C11H21NO2/c1-11(2,9-14)8-12-6-4-3-5-10(12)7-13/h9-10,13H,3-8H2,1-2H3. The molecule has 1 rings (SSSR count).